The predicted octanol–water partition coefficient (Wildman–Crippen LogP) is 2.42. The van der Waals surface area contributed by atoms with Crippen molar-refractivity contribution in [2.24, 2.45) is 7.05 Å². The van der Waals surface area contributed by atoms with Crippen molar-refractivity contribution in [3.63, 3.8) is 0 Å². The largest absolute Gasteiger partial charge is 0.507 e. The molecule has 17 heavy (non-hydrogen) atoms. The summed E-state index contributed by atoms with van der Waals surface area (Å²) >= 11 is 2.83. The highest BCUT2D eigenvalue weighted by Gasteiger charge is 2.21. The summed E-state index contributed by atoms with van der Waals surface area (Å²) in [4.78, 5) is 0. The van der Waals surface area contributed by atoms with Crippen LogP contribution in [0.5, 0.6) is 5.75 Å². The Hall–Kier alpha value is -1.63. The molecule has 1 heterocycles. The van der Waals surface area contributed by atoms with Gasteiger partial charge < -0.3 is 10.8 Å². The van der Waals surface area contributed by atoms with E-state index in [0.29, 0.717) is 0 Å². The van der Waals surface area contributed by atoms with Gasteiger partial charge in [0.05, 0.1) is 16.2 Å². The summed E-state index contributed by atoms with van der Waals surface area (Å²) in [6, 6.07) is 0.814. The third-order valence-electron chi connectivity index (χ3n) is 2.39. The van der Waals surface area contributed by atoms with Gasteiger partial charge in [0.1, 0.15) is 17.4 Å². The topological polar surface area (TPSA) is 64.1 Å². The second-order valence-electron chi connectivity index (χ2n) is 3.45. The fraction of sp³-hybridized carbons (Fsp3) is 0.100. The molecule has 0 amide bonds. The van der Waals surface area contributed by atoms with Crippen LogP contribution in [0.15, 0.2) is 16.7 Å². The van der Waals surface area contributed by atoms with Crippen LogP contribution >= 0.6 is 15.9 Å². The van der Waals surface area contributed by atoms with Gasteiger partial charge in [0.2, 0.25) is 0 Å². The van der Waals surface area contributed by atoms with E-state index < -0.39 is 17.4 Å². The Kier molecular flexibility index (Phi) is 2.78. The van der Waals surface area contributed by atoms with Crippen LogP contribution < -0.4 is 5.73 Å². The molecule has 1 aromatic carbocycles. The van der Waals surface area contributed by atoms with Crippen LogP contribution in [0.2, 0.25) is 0 Å². The lowest BCUT2D eigenvalue weighted by Gasteiger charge is -2.07. The predicted molar refractivity (Wildman–Crippen MR) is 62.3 cm³/mol. The number of hydrogen-bond acceptors (Lipinski definition) is 3. The summed E-state index contributed by atoms with van der Waals surface area (Å²) in [6.07, 6.45) is 1.26. The Bertz CT molecular complexity index is 598. The van der Waals surface area contributed by atoms with Gasteiger partial charge >= 0.3 is 0 Å². The molecule has 0 aliphatic heterocycles. The molecule has 0 aliphatic rings. The number of phenols is 1. The molecule has 7 heteroatoms. The van der Waals surface area contributed by atoms with E-state index in [1.807, 2.05) is 0 Å². The first-order chi connectivity index (χ1) is 7.93. The fourth-order valence-electron chi connectivity index (χ4n) is 1.47. The molecule has 0 atom stereocenters. The standard InChI is InChI=1S/C10H8BrF2N3O/c1-16-10(14)4(3-15-16)7-5(12)2-6(17)8(11)9(7)13/h2-3,17H,14H2,1H3. The average molecular weight is 304 g/mol. The van der Waals surface area contributed by atoms with E-state index in [1.165, 1.54) is 10.9 Å². The third kappa shape index (κ3) is 1.76. The van der Waals surface area contributed by atoms with Crippen molar-refractivity contribution in [1.82, 2.24) is 9.78 Å². The van der Waals surface area contributed by atoms with E-state index in [-0.39, 0.29) is 21.4 Å². The smallest absolute Gasteiger partial charge is 0.152 e. The molecule has 0 unspecified atom stereocenters. The molecule has 0 saturated carbocycles. The number of benzene rings is 1. The van der Waals surface area contributed by atoms with Crippen molar-refractivity contribution < 1.29 is 13.9 Å². The molecule has 0 fully saturated rings. The number of nitrogens with zero attached hydrogens (tertiary/aromatic N) is 2. The Balaban J connectivity index is 2.76. The normalized spacial score (nSPS) is 10.8. The molecule has 2 rings (SSSR count). The summed E-state index contributed by atoms with van der Waals surface area (Å²) in [7, 11) is 1.56. The Morgan fingerprint density at radius 1 is 1.47 bits per heavy atom. The molecule has 0 aliphatic carbocycles. The van der Waals surface area contributed by atoms with E-state index >= 15 is 0 Å². The zero-order valence-electron chi connectivity index (χ0n) is 8.71. The zero-order valence-corrected chi connectivity index (χ0v) is 10.3. The van der Waals surface area contributed by atoms with Crippen molar-refractivity contribution in [3.05, 3.63) is 28.4 Å². The van der Waals surface area contributed by atoms with E-state index in [2.05, 4.69) is 21.0 Å². The van der Waals surface area contributed by atoms with E-state index in [9.17, 15) is 13.9 Å². The molecule has 4 nitrogen and oxygen atoms in total. The SMILES string of the molecule is Cn1ncc(-c2c(F)cc(O)c(Br)c2F)c1N. The first-order valence-electron chi connectivity index (χ1n) is 4.57. The minimum absolute atomic E-state index is 0.139. The number of aromatic nitrogens is 2. The monoisotopic (exact) mass is 303 g/mol. The molecular formula is C10H8BrF2N3O. The quantitative estimate of drug-likeness (QED) is 0.795. The Morgan fingerprint density at radius 2 is 2.12 bits per heavy atom. The highest BCUT2D eigenvalue weighted by Crippen LogP contribution is 2.38. The summed E-state index contributed by atoms with van der Waals surface area (Å²) in [6.45, 7) is 0. The minimum Gasteiger partial charge on any atom is -0.507 e. The van der Waals surface area contributed by atoms with Gasteiger partial charge in [-0.1, -0.05) is 0 Å². The lowest BCUT2D eigenvalue weighted by atomic mass is 10.1. The van der Waals surface area contributed by atoms with Crippen molar-refractivity contribution in [2.75, 3.05) is 5.73 Å². The van der Waals surface area contributed by atoms with E-state index in [0.717, 1.165) is 6.07 Å². The first-order valence-corrected chi connectivity index (χ1v) is 5.37. The van der Waals surface area contributed by atoms with Crippen LogP contribution in [0, 0.1) is 11.6 Å². The van der Waals surface area contributed by atoms with Crippen LogP contribution in [0.25, 0.3) is 11.1 Å². The van der Waals surface area contributed by atoms with Gasteiger partial charge in [-0.25, -0.2) is 8.78 Å². The molecule has 1 aromatic heterocycles. The van der Waals surface area contributed by atoms with Gasteiger partial charge in [-0.15, -0.1) is 0 Å². The molecule has 0 saturated heterocycles. The molecule has 90 valence electrons. The van der Waals surface area contributed by atoms with Crippen LogP contribution in [0.3, 0.4) is 0 Å². The Morgan fingerprint density at radius 3 is 2.65 bits per heavy atom. The number of rotatable bonds is 1. The van der Waals surface area contributed by atoms with Crippen molar-refractivity contribution in [2.45, 2.75) is 0 Å². The number of anilines is 1. The van der Waals surface area contributed by atoms with Crippen LogP contribution in [-0.4, -0.2) is 14.9 Å². The Labute approximate surface area is 104 Å². The van der Waals surface area contributed by atoms with E-state index in [1.54, 1.807) is 7.05 Å². The number of hydrogen-bond donors (Lipinski definition) is 2. The summed E-state index contributed by atoms with van der Waals surface area (Å²) in [5, 5.41) is 13.1. The highest BCUT2D eigenvalue weighted by atomic mass is 79.9. The maximum atomic E-state index is 13.9. The van der Waals surface area contributed by atoms with Crippen molar-refractivity contribution in [1.29, 1.82) is 0 Å². The molecule has 0 radical (unpaired) electrons. The molecular weight excluding hydrogens is 296 g/mol. The number of nitrogens with two attached hydrogens (primary N) is 1. The third-order valence-corrected chi connectivity index (χ3v) is 3.15. The van der Waals surface area contributed by atoms with E-state index in [4.69, 9.17) is 5.73 Å². The molecule has 2 aromatic rings. The lowest BCUT2D eigenvalue weighted by molar-refractivity contribution is 0.456. The summed E-state index contributed by atoms with van der Waals surface area (Å²) in [5.41, 5.74) is 5.47. The zero-order chi connectivity index (χ0) is 12.7. The van der Waals surface area contributed by atoms with Crippen LogP contribution in [0.4, 0.5) is 14.6 Å². The first kappa shape index (κ1) is 11.8. The maximum absolute atomic E-state index is 13.9. The average Bonchev–Trinajstić information content (AvgIpc) is 2.58. The minimum atomic E-state index is -0.915. The molecule has 0 bridgehead atoms. The van der Waals surface area contributed by atoms with Gasteiger partial charge in [0.15, 0.2) is 5.82 Å². The fourth-order valence-corrected chi connectivity index (χ4v) is 1.78. The summed E-state index contributed by atoms with van der Waals surface area (Å²) < 4.78 is 28.6. The van der Waals surface area contributed by atoms with Gasteiger partial charge in [-0.05, 0) is 15.9 Å². The molecule has 3 N–H and O–H groups in total. The number of phenolic OH excluding ortho intramolecular Hbond substituents is 1. The molecule has 0 spiro atoms. The lowest BCUT2D eigenvalue weighted by Crippen LogP contribution is -2.00. The number of aryl methyl sites for hydroxylation is 1. The summed E-state index contributed by atoms with van der Waals surface area (Å²) in [5.74, 6) is -2.18. The number of aromatic hydroxyl groups is 1. The number of nitrogen functional groups attached to an aromatic ring is 1. The van der Waals surface area contributed by atoms with Gasteiger partial charge in [-0.2, -0.15) is 5.10 Å². The maximum Gasteiger partial charge on any atom is 0.152 e. The van der Waals surface area contributed by atoms with Crippen molar-refractivity contribution >= 4 is 21.7 Å². The van der Waals surface area contributed by atoms with Crippen molar-refractivity contribution in [3.8, 4) is 16.9 Å². The van der Waals surface area contributed by atoms with Gasteiger partial charge in [0, 0.05) is 18.7 Å². The highest BCUT2D eigenvalue weighted by molar-refractivity contribution is 9.10. The van der Waals surface area contributed by atoms with Crippen LogP contribution in [0.1, 0.15) is 0 Å². The van der Waals surface area contributed by atoms with Gasteiger partial charge in [0.25, 0.3) is 0 Å². The number of halogens is 3. The van der Waals surface area contributed by atoms with Crippen LogP contribution in [-0.2, 0) is 7.05 Å². The second kappa shape index (κ2) is 3.99. The van der Waals surface area contributed by atoms with Gasteiger partial charge in [-0.3, -0.25) is 4.68 Å². The second-order valence-corrected chi connectivity index (χ2v) is 4.24.